The molecule has 1 aromatic heterocycles. The number of thiophene rings is 1. The van der Waals surface area contributed by atoms with Gasteiger partial charge in [-0.3, -0.25) is 0 Å². The summed E-state index contributed by atoms with van der Waals surface area (Å²) in [5, 5.41) is 1.98. The third-order valence-corrected chi connectivity index (χ3v) is 4.84. The summed E-state index contributed by atoms with van der Waals surface area (Å²) in [6.45, 7) is 2.00. The molecule has 0 spiro atoms. The number of rotatable bonds is 4. The highest BCUT2D eigenvalue weighted by Gasteiger charge is 2.24. The highest BCUT2D eigenvalue weighted by molar-refractivity contribution is 7.11. The number of carbonyl (C=O) groups excluding carboxylic acids is 1. The molecule has 0 N–H and O–H groups in total. The Morgan fingerprint density at radius 2 is 1.73 bits per heavy atom. The average Bonchev–Trinajstić information content (AvgIpc) is 3.23. The number of hydrogen-bond acceptors (Lipinski definition) is 5. The van der Waals surface area contributed by atoms with Crippen LogP contribution in [0.2, 0.25) is 0 Å². The molecule has 0 unspecified atom stereocenters. The third-order valence-electron chi connectivity index (χ3n) is 3.87. The summed E-state index contributed by atoms with van der Waals surface area (Å²) in [7, 11) is 0. The molecule has 0 amide bonds. The molecule has 1 aliphatic heterocycles. The lowest BCUT2D eigenvalue weighted by Crippen LogP contribution is -2.05. The second kappa shape index (κ2) is 6.98. The first-order chi connectivity index (χ1) is 12.7. The van der Waals surface area contributed by atoms with Crippen LogP contribution in [0.5, 0.6) is 11.5 Å². The van der Waals surface area contributed by atoms with E-state index in [-0.39, 0.29) is 0 Å². The van der Waals surface area contributed by atoms with E-state index >= 15 is 0 Å². The highest BCUT2D eigenvalue weighted by Crippen LogP contribution is 2.25. The molecular formula is C21H15NO3S. The Balaban J connectivity index is 1.54. The molecular weight excluding hydrogens is 346 g/mol. The number of esters is 1. The Hall–Kier alpha value is -3.18. The van der Waals surface area contributed by atoms with Crippen molar-refractivity contribution in [1.82, 2.24) is 0 Å². The molecule has 0 atom stereocenters. The first kappa shape index (κ1) is 16.3. The van der Waals surface area contributed by atoms with Crippen molar-refractivity contribution < 1.29 is 14.3 Å². The number of cyclic esters (lactones) is 1. The van der Waals surface area contributed by atoms with Gasteiger partial charge < -0.3 is 9.47 Å². The van der Waals surface area contributed by atoms with E-state index < -0.39 is 5.97 Å². The monoisotopic (exact) mass is 361 g/mol. The van der Waals surface area contributed by atoms with Gasteiger partial charge in [0, 0.05) is 10.4 Å². The predicted molar refractivity (Wildman–Crippen MR) is 103 cm³/mol. The molecule has 0 fully saturated rings. The van der Waals surface area contributed by atoms with E-state index in [1.165, 1.54) is 0 Å². The third kappa shape index (κ3) is 3.43. The zero-order valence-electron chi connectivity index (χ0n) is 14.0. The van der Waals surface area contributed by atoms with Crippen molar-refractivity contribution in [2.75, 3.05) is 0 Å². The molecule has 0 aliphatic carbocycles. The Morgan fingerprint density at radius 3 is 2.42 bits per heavy atom. The van der Waals surface area contributed by atoms with E-state index in [9.17, 15) is 4.79 Å². The van der Waals surface area contributed by atoms with Gasteiger partial charge in [-0.2, -0.15) is 0 Å². The van der Waals surface area contributed by atoms with Crippen LogP contribution in [0.4, 0.5) is 0 Å². The van der Waals surface area contributed by atoms with Gasteiger partial charge in [-0.15, -0.1) is 11.3 Å². The summed E-state index contributed by atoms with van der Waals surface area (Å²) >= 11 is 1.57. The molecule has 0 bridgehead atoms. The lowest BCUT2D eigenvalue weighted by Gasteiger charge is -2.06. The van der Waals surface area contributed by atoms with Crippen LogP contribution in [-0.2, 0) is 9.53 Å². The number of ether oxygens (including phenoxy) is 2. The predicted octanol–water partition coefficient (Wildman–Crippen LogP) is 5.19. The molecule has 4 nitrogen and oxygen atoms in total. The molecule has 5 heteroatoms. The van der Waals surface area contributed by atoms with Gasteiger partial charge in [0.15, 0.2) is 5.70 Å². The van der Waals surface area contributed by atoms with E-state index in [1.54, 1.807) is 17.4 Å². The molecule has 4 rings (SSSR count). The van der Waals surface area contributed by atoms with E-state index in [1.807, 2.05) is 73.0 Å². The van der Waals surface area contributed by atoms with Crippen LogP contribution < -0.4 is 4.74 Å². The quantitative estimate of drug-likeness (QED) is 0.474. The van der Waals surface area contributed by atoms with Gasteiger partial charge >= 0.3 is 5.97 Å². The number of nitrogens with zero attached hydrogens (tertiary/aromatic N) is 1. The van der Waals surface area contributed by atoms with Crippen molar-refractivity contribution >= 4 is 29.3 Å². The number of aliphatic imine (C=N–C) groups is 1. The molecule has 26 heavy (non-hydrogen) atoms. The molecule has 1 aliphatic rings. The summed E-state index contributed by atoms with van der Waals surface area (Å²) < 4.78 is 11.1. The fraction of sp³-hybridized carbons (Fsp3) is 0.0476. The number of carbonyl (C=O) groups is 1. The van der Waals surface area contributed by atoms with Crippen LogP contribution in [0.3, 0.4) is 0 Å². The number of hydrogen-bond donors (Lipinski definition) is 0. The summed E-state index contributed by atoms with van der Waals surface area (Å²) in [5.41, 5.74) is 2.15. The fourth-order valence-corrected chi connectivity index (χ4v) is 3.33. The number of para-hydroxylation sites is 1. The normalized spacial score (nSPS) is 15.0. The zero-order valence-corrected chi connectivity index (χ0v) is 14.8. The van der Waals surface area contributed by atoms with E-state index in [2.05, 4.69) is 4.99 Å². The Morgan fingerprint density at radius 1 is 1.00 bits per heavy atom. The van der Waals surface area contributed by atoms with Crippen LogP contribution in [0.25, 0.3) is 6.08 Å². The van der Waals surface area contributed by atoms with Gasteiger partial charge in [0.05, 0.1) is 0 Å². The van der Waals surface area contributed by atoms with E-state index in [0.717, 1.165) is 21.8 Å². The van der Waals surface area contributed by atoms with Gasteiger partial charge in [-0.25, -0.2) is 9.79 Å². The number of aryl methyl sites for hydroxylation is 1. The van der Waals surface area contributed by atoms with Crippen molar-refractivity contribution in [2.24, 2.45) is 4.99 Å². The zero-order chi connectivity index (χ0) is 17.9. The topological polar surface area (TPSA) is 47.9 Å². The summed E-state index contributed by atoms with van der Waals surface area (Å²) in [4.78, 5) is 17.4. The second-order valence-corrected chi connectivity index (χ2v) is 6.69. The molecule has 0 radical (unpaired) electrons. The standard InChI is InChI=1S/C21H15NO3S/c1-14-11-12-26-19(14)13-18-21(23)25-20(22-18)15-7-9-17(10-8-15)24-16-5-3-2-4-6-16/h2-13H,1H3. The lowest BCUT2D eigenvalue weighted by atomic mass is 10.2. The van der Waals surface area contributed by atoms with Crippen molar-refractivity contribution in [1.29, 1.82) is 0 Å². The Labute approximate surface area is 155 Å². The molecule has 2 aromatic carbocycles. The van der Waals surface area contributed by atoms with Crippen LogP contribution in [0, 0.1) is 6.92 Å². The summed E-state index contributed by atoms with van der Waals surface area (Å²) in [6, 6.07) is 18.8. The van der Waals surface area contributed by atoms with Crippen molar-refractivity contribution in [2.45, 2.75) is 6.92 Å². The minimum absolute atomic E-state index is 0.307. The maximum Gasteiger partial charge on any atom is 0.363 e. The van der Waals surface area contributed by atoms with E-state index in [0.29, 0.717) is 17.3 Å². The van der Waals surface area contributed by atoms with Gasteiger partial charge in [0.2, 0.25) is 5.90 Å². The summed E-state index contributed by atoms with van der Waals surface area (Å²) in [5.74, 6) is 1.34. The number of benzene rings is 2. The van der Waals surface area contributed by atoms with Crippen molar-refractivity contribution in [3.05, 3.63) is 87.7 Å². The molecule has 2 heterocycles. The largest absolute Gasteiger partial charge is 0.457 e. The second-order valence-electron chi connectivity index (χ2n) is 5.74. The van der Waals surface area contributed by atoms with Gasteiger partial charge in [0.1, 0.15) is 11.5 Å². The summed E-state index contributed by atoms with van der Waals surface area (Å²) in [6.07, 6.45) is 1.77. The van der Waals surface area contributed by atoms with Gasteiger partial charge in [-0.05, 0) is 66.4 Å². The van der Waals surface area contributed by atoms with Crippen molar-refractivity contribution in [3.8, 4) is 11.5 Å². The highest BCUT2D eigenvalue weighted by atomic mass is 32.1. The SMILES string of the molecule is Cc1ccsc1C=C1N=C(c2ccc(Oc3ccccc3)cc2)OC1=O. The minimum atomic E-state index is -0.433. The van der Waals surface area contributed by atoms with Crippen LogP contribution >= 0.6 is 11.3 Å². The first-order valence-electron chi connectivity index (χ1n) is 8.09. The molecule has 128 valence electrons. The van der Waals surface area contributed by atoms with Gasteiger partial charge in [-0.1, -0.05) is 18.2 Å². The molecule has 3 aromatic rings. The lowest BCUT2D eigenvalue weighted by molar-refractivity contribution is -0.129. The van der Waals surface area contributed by atoms with Crippen LogP contribution in [0.1, 0.15) is 16.0 Å². The minimum Gasteiger partial charge on any atom is -0.457 e. The van der Waals surface area contributed by atoms with E-state index in [4.69, 9.17) is 9.47 Å². The average molecular weight is 361 g/mol. The maximum absolute atomic E-state index is 12.1. The maximum atomic E-state index is 12.1. The molecule has 0 saturated carbocycles. The fourth-order valence-electron chi connectivity index (χ4n) is 2.48. The van der Waals surface area contributed by atoms with Gasteiger partial charge in [0.25, 0.3) is 0 Å². The Bertz CT molecular complexity index is 1000. The first-order valence-corrected chi connectivity index (χ1v) is 8.97. The van der Waals surface area contributed by atoms with Crippen LogP contribution in [0.15, 0.2) is 76.7 Å². The van der Waals surface area contributed by atoms with Crippen LogP contribution in [-0.4, -0.2) is 11.9 Å². The Kier molecular flexibility index (Phi) is 4.37. The smallest absolute Gasteiger partial charge is 0.363 e. The molecule has 0 saturated heterocycles. The van der Waals surface area contributed by atoms with Crippen molar-refractivity contribution in [3.63, 3.8) is 0 Å².